The van der Waals surface area contributed by atoms with E-state index in [-0.39, 0.29) is 41.3 Å². The van der Waals surface area contributed by atoms with Crippen LogP contribution >= 0.6 is 0 Å². The Hall–Kier alpha value is -2.56. The molecule has 37 heavy (non-hydrogen) atoms. The quantitative estimate of drug-likeness (QED) is 0.510. The molecule has 4 rings (SSSR count). The van der Waals surface area contributed by atoms with Crippen molar-refractivity contribution in [3.05, 3.63) is 47.1 Å². The maximum atomic E-state index is 14.0. The van der Waals surface area contributed by atoms with Crippen molar-refractivity contribution < 1.29 is 22.1 Å². The summed E-state index contributed by atoms with van der Waals surface area (Å²) in [4.78, 5) is 17.5. The van der Waals surface area contributed by atoms with Crippen LogP contribution in [0.25, 0.3) is 12.2 Å². The number of piperidine rings is 1. The van der Waals surface area contributed by atoms with Crippen molar-refractivity contribution in [3.63, 3.8) is 0 Å². The molecular formula is C27H37FN4O4S. The smallest absolute Gasteiger partial charge is 0.248 e. The molecule has 10 heteroatoms. The number of nitrogens with zero attached hydrogens (tertiary/aromatic N) is 4. The Morgan fingerprint density at radius 3 is 2.46 bits per heavy atom. The number of carbonyl (C=O) groups excluding carboxylic acids is 1. The molecule has 1 amide bonds. The first-order valence-corrected chi connectivity index (χ1v) is 14.6. The standard InChI is InChI=1S/C27H37FN4O4S/c1-4-7-20(2)30-16-18-31(19-17-30)27(33)23-12-14-32(15-13-23)37(34,35)26-21(3)29-36-25(26)11-10-22-8-5-6-9-24(22)28/h5-6,8-11,20,23H,4,7,12-19H2,1-3H3/b11-10+/t20-/m1/s1. The second-order valence-corrected chi connectivity index (χ2v) is 11.9. The number of aromatic nitrogens is 1. The maximum absolute atomic E-state index is 14.0. The van der Waals surface area contributed by atoms with E-state index in [2.05, 4.69) is 23.9 Å². The van der Waals surface area contributed by atoms with Crippen molar-refractivity contribution in [2.75, 3.05) is 39.3 Å². The van der Waals surface area contributed by atoms with Crippen LogP contribution in [-0.2, 0) is 14.8 Å². The van der Waals surface area contributed by atoms with Gasteiger partial charge < -0.3 is 9.42 Å². The van der Waals surface area contributed by atoms with Gasteiger partial charge in [-0.3, -0.25) is 9.69 Å². The Morgan fingerprint density at radius 2 is 1.81 bits per heavy atom. The van der Waals surface area contributed by atoms with Gasteiger partial charge >= 0.3 is 0 Å². The van der Waals surface area contributed by atoms with E-state index in [1.807, 2.05) is 4.90 Å². The lowest BCUT2D eigenvalue weighted by Crippen LogP contribution is -2.53. The van der Waals surface area contributed by atoms with E-state index < -0.39 is 15.8 Å². The van der Waals surface area contributed by atoms with Crippen LogP contribution in [0.15, 0.2) is 33.7 Å². The van der Waals surface area contributed by atoms with Crippen LogP contribution in [0.3, 0.4) is 0 Å². The average Bonchev–Trinajstić information content (AvgIpc) is 3.29. The molecule has 0 aliphatic carbocycles. The molecule has 2 fully saturated rings. The molecular weight excluding hydrogens is 495 g/mol. The van der Waals surface area contributed by atoms with Crippen molar-refractivity contribution in [2.24, 2.45) is 5.92 Å². The summed E-state index contributed by atoms with van der Waals surface area (Å²) in [6.07, 6.45) is 6.18. The number of sulfonamides is 1. The summed E-state index contributed by atoms with van der Waals surface area (Å²) in [6.45, 7) is 9.75. The Labute approximate surface area is 219 Å². The van der Waals surface area contributed by atoms with E-state index in [0.717, 1.165) is 39.0 Å². The molecule has 1 aromatic carbocycles. The van der Waals surface area contributed by atoms with Gasteiger partial charge in [-0.2, -0.15) is 4.31 Å². The first-order valence-electron chi connectivity index (χ1n) is 13.1. The summed E-state index contributed by atoms with van der Waals surface area (Å²) in [7, 11) is -3.89. The topological polar surface area (TPSA) is 87.0 Å². The molecule has 2 aliphatic rings. The third-order valence-corrected chi connectivity index (χ3v) is 9.57. The molecule has 3 heterocycles. The number of halogens is 1. The predicted octanol–water partition coefficient (Wildman–Crippen LogP) is 4.03. The van der Waals surface area contributed by atoms with Gasteiger partial charge in [-0.15, -0.1) is 0 Å². The van der Waals surface area contributed by atoms with Gasteiger partial charge in [-0.05, 0) is 51.3 Å². The summed E-state index contributed by atoms with van der Waals surface area (Å²) < 4.78 is 47.7. The fourth-order valence-corrected chi connectivity index (χ4v) is 7.01. The number of rotatable bonds is 8. The van der Waals surface area contributed by atoms with Crippen LogP contribution in [0, 0.1) is 18.7 Å². The van der Waals surface area contributed by atoms with E-state index >= 15 is 0 Å². The minimum absolute atomic E-state index is 0.0119. The van der Waals surface area contributed by atoms with E-state index in [4.69, 9.17) is 4.52 Å². The van der Waals surface area contributed by atoms with Crippen LogP contribution in [0.4, 0.5) is 4.39 Å². The number of amides is 1. The SMILES string of the molecule is CCC[C@@H](C)N1CCN(C(=O)C2CCN(S(=O)(=O)c3c(C)noc3/C=C/c3ccccc3F)CC2)CC1. The summed E-state index contributed by atoms with van der Waals surface area (Å²) in [5.74, 6) is -0.387. The van der Waals surface area contributed by atoms with Crippen molar-refractivity contribution in [2.45, 2.75) is 57.4 Å². The normalized spacial score (nSPS) is 19.5. The molecule has 0 spiro atoms. The summed E-state index contributed by atoms with van der Waals surface area (Å²) in [5, 5.41) is 3.86. The number of hydrogen-bond donors (Lipinski definition) is 0. The lowest BCUT2D eigenvalue weighted by atomic mass is 9.96. The molecule has 2 saturated heterocycles. The van der Waals surface area contributed by atoms with Gasteiger partial charge in [-0.25, -0.2) is 12.8 Å². The highest BCUT2D eigenvalue weighted by Crippen LogP contribution is 2.30. The molecule has 8 nitrogen and oxygen atoms in total. The number of carbonyl (C=O) groups is 1. The molecule has 0 radical (unpaired) electrons. The molecule has 1 aromatic heterocycles. The van der Waals surface area contributed by atoms with E-state index in [0.29, 0.717) is 24.4 Å². The number of aryl methyl sites for hydroxylation is 1. The van der Waals surface area contributed by atoms with Crippen molar-refractivity contribution in [1.29, 1.82) is 0 Å². The average molecular weight is 533 g/mol. The Morgan fingerprint density at radius 1 is 1.14 bits per heavy atom. The predicted molar refractivity (Wildman–Crippen MR) is 141 cm³/mol. The van der Waals surface area contributed by atoms with Crippen molar-refractivity contribution >= 4 is 28.1 Å². The maximum Gasteiger partial charge on any atom is 0.248 e. The third-order valence-electron chi connectivity index (χ3n) is 7.51. The second-order valence-electron chi connectivity index (χ2n) is 9.99. The van der Waals surface area contributed by atoms with E-state index in [1.165, 1.54) is 22.5 Å². The first-order chi connectivity index (χ1) is 17.7. The minimum Gasteiger partial charge on any atom is -0.355 e. The van der Waals surface area contributed by atoms with Crippen LogP contribution < -0.4 is 0 Å². The molecule has 2 aromatic rings. The Bertz CT molecular complexity index is 1210. The zero-order chi connectivity index (χ0) is 26.6. The zero-order valence-corrected chi connectivity index (χ0v) is 22.7. The van der Waals surface area contributed by atoms with Crippen molar-refractivity contribution in [3.8, 4) is 0 Å². The fraction of sp³-hybridized carbons (Fsp3) is 0.556. The lowest BCUT2D eigenvalue weighted by molar-refractivity contribution is -0.138. The number of benzene rings is 1. The highest BCUT2D eigenvalue weighted by Gasteiger charge is 2.37. The Balaban J connectivity index is 1.38. The largest absolute Gasteiger partial charge is 0.355 e. The molecule has 0 unspecified atom stereocenters. The van der Waals surface area contributed by atoms with Crippen molar-refractivity contribution in [1.82, 2.24) is 19.3 Å². The first kappa shape index (κ1) is 27.5. The summed E-state index contributed by atoms with van der Waals surface area (Å²) in [6, 6.07) is 6.74. The van der Waals surface area contributed by atoms with Gasteiger partial charge in [0.05, 0.1) is 0 Å². The fourth-order valence-electron chi connectivity index (χ4n) is 5.29. The van der Waals surface area contributed by atoms with E-state index in [9.17, 15) is 17.6 Å². The molecule has 202 valence electrons. The van der Waals surface area contributed by atoms with Crippen LogP contribution in [0.5, 0.6) is 0 Å². The summed E-state index contributed by atoms with van der Waals surface area (Å²) in [5.41, 5.74) is 0.571. The second kappa shape index (κ2) is 11.9. The molecule has 0 saturated carbocycles. The van der Waals surface area contributed by atoms with Gasteiger partial charge in [0, 0.05) is 56.8 Å². The molecule has 1 atom stereocenters. The van der Waals surface area contributed by atoms with Crippen LogP contribution in [0.1, 0.15) is 56.5 Å². The summed E-state index contributed by atoms with van der Waals surface area (Å²) >= 11 is 0. The van der Waals surface area contributed by atoms with Gasteiger partial charge in [0.1, 0.15) is 11.5 Å². The molecule has 2 aliphatic heterocycles. The number of hydrogen-bond acceptors (Lipinski definition) is 6. The van der Waals surface area contributed by atoms with Gasteiger partial charge in [0.2, 0.25) is 15.9 Å². The number of piperazine rings is 1. The van der Waals surface area contributed by atoms with Gasteiger partial charge in [-0.1, -0.05) is 36.7 Å². The minimum atomic E-state index is -3.89. The highest BCUT2D eigenvalue weighted by atomic mass is 32.2. The highest BCUT2D eigenvalue weighted by molar-refractivity contribution is 7.89. The molecule has 0 N–H and O–H groups in total. The van der Waals surface area contributed by atoms with Gasteiger partial charge in [0.15, 0.2) is 10.7 Å². The van der Waals surface area contributed by atoms with Crippen LogP contribution in [-0.4, -0.2) is 78.9 Å². The van der Waals surface area contributed by atoms with Gasteiger partial charge in [0.25, 0.3) is 0 Å². The van der Waals surface area contributed by atoms with Crippen LogP contribution in [0.2, 0.25) is 0 Å². The molecule has 0 bridgehead atoms. The lowest BCUT2D eigenvalue weighted by Gasteiger charge is -2.40. The Kier molecular flexibility index (Phi) is 8.82. The van der Waals surface area contributed by atoms with E-state index in [1.54, 1.807) is 25.1 Å². The monoisotopic (exact) mass is 532 g/mol. The zero-order valence-electron chi connectivity index (χ0n) is 21.9. The third kappa shape index (κ3) is 6.13.